The Bertz CT molecular complexity index is 789. The van der Waals surface area contributed by atoms with Crippen LogP contribution in [0.1, 0.15) is 16.7 Å². The van der Waals surface area contributed by atoms with Crippen LogP contribution in [0.15, 0.2) is 42.6 Å². The lowest BCUT2D eigenvalue weighted by Crippen LogP contribution is -2.24. The normalized spacial score (nSPS) is 9.22. The van der Waals surface area contributed by atoms with Gasteiger partial charge in [0.05, 0.1) is 17.7 Å². The van der Waals surface area contributed by atoms with Crippen molar-refractivity contribution in [1.29, 1.82) is 5.26 Å². The Kier molecular flexibility index (Phi) is 5.99. The van der Waals surface area contributed by atoms with Gasteiger partial charge >= 0.3 is 6.09 Å². The molecule has 2 rings (SSSR count). The van der Waals surface area contributed by atoms with Gasteiger partial charge in [0.2, 0.25) is 0 Å². The first kappa shape index (κ1) is 16.4. The van der Waals surface area contributed by atoms with Crippen molar-refractivity contribution in [2.45, 2.75) is 6.61 Å². The predicted octanol–water partition coefficient (Wildman–Crippen LogP) is 2.88. The van der Waals surface area contributed by atoms with E-state index in [9.17, 15) is 4.79 Å². The Labute approximate surface area is 138 Å². The van der Waals surface area contributed by atoms with Crippen molar-refractivity contribution < 1.29 is 9.53 Å². The van der Waals surface area contributed by atoms with Gasteiger partial charge in [-0.2, -0.15) is 5.26 Å². The van der Waals surface area contributed by atoms with Gasteiger partial charge in [-0.15, -0.1) is 0 Å². The molecule has 0 aliphatic rings. The third-order valence-electron chi connectivity index (χ3n) is 2.73. The average Bonchev–Trinajstić information content (AvgIpc) is 2.59. The van der Waals surface area contributed by atoms with Crippen molar-refractivity contribution in [2.75, 3.05) is 6.54 Å². The maximum atomic E-state index is 11.5. The van der Waals surface area contributed by atoms with Gasteiger partial charge < -0.3 is 10.1 Å². The Hall–Kier alpha value is -3.02. The molecule has 1 heterocycles. The fourth-order valence-corrected chi connectivity index (χ4v) is 1.78. The molecule has 0 atom stereocenters. The molecular weight excluding hydrogens is 314 g/mol. The molecule has 0 saturated heterocycles. The molecule has 1 aromatic heterocycles. The third kappa shape index (κ3) is 5.35. The topological polar surface area (TPSA) is 75.0 Å². The van der Waals surface area contributed by atoms with Crippen molar-refractivity contribution in [1.82, 2.24) is 10.3 Å². The van der Waals surface area contributed by atoms with Crippen LogP contribution in [-0.4, -0.2) is 17.6 Å². The number of aromatic nitrogens is 1. The van der Waals surface area contributed by atoms with Crippen LogP contribution >= 0.6 is 11.6 Å². The van der Waals surface area contributed by atoms with Crippen LogP contribution in [-0.2, 0) is 11.3 Å². The standard InChI is InChI=1S/C17H12ClN3O2/c18-16-15(9-14(10-19)11-21-16)7-4-8-20-17(22)23-12-13-5-2-1-3-6-13/h1-3,5-6,9,11H,8,12H2,(H,20,22). The van der Waals surface area contributed by atoms with E-state index >= 15 is 0 Å². The highest BCUT2D eigenvalue weighted by atomic mass is 35.5. The van der Waals surface area contributed by atoms with Gasteiger partial charge in [-0.25, -0.2) is 9.78 Å². The predicted molar refractivity (Wildman–Crippen MR) is 85.5 cm³/mol. The number of nitrogens with zero attached hydrogens (tertiary/aromatic N) is 2. The molecule has 1 amide bonds. The molecule has 114 valence electrons. The zero-order chi connectivity index (χ0) is 16.5. The number of rotatable bonds is 3. The molecule has 0 saturated carbocycles. The molecule has 0 bridgehead atoms. The van der Waals surface area contributed by atoms with E-state index in [0.29, 0.717) is 11.1 Å². The van der Waals surface area contributed by atoms with Crippen molar-refractivity contribution in [3.63, 3.8) is 0 Å². The van der Waals surface area contributed by atoms with Crippen molar-refractivity contribution in [2.24, 2.45) is 0 Å². The van der Waals surface area contributed by atoms with E-state index in [4.69, 9.17) is 21.6 Å². The summed E-state index contributed by atoms with van der Waals surface area (Å²) < 4.78 is 5.04. The van der Waals surface area contributed by atoms with E-state index in [1.165, 1.54) is 12.3 Å². The number of halogens is 1. The monoisotopic (exact) mass is 325 g/mol. The van der Waals surface area contributed by atoms with Crippen molar-refractivity contribution in [3.05, 3.63) is 64.4 Å². The zero-order valence-corrected chi connectivity index (χ0v) is 12.8. The van der Waals surface area contributed by atoms with E-state index in [2.05, 4.69) is 22.1 Å². The highest BCUT2D eigenvalue weighted by Crippen LogP contribution is 2.12. The van der Waals surface area contributed by atoms with Crippen LogP contribution in [0.5, 0.6) is 0 Å². The Balaban J connectivity index is 1.81. The molecule has 1 aromatic carbocycles. The molecule has 0 unspecified atom stereocenters. The molecule has 5 nitrogen and oxygen atoms in total. The van der Waals surface area contributed by atoms with Gasteiger partial charge in [0.15, 0.2) is 0 Å². The minimum absolute atomic E-state index is 0.0979. The summed E-state index contributed by atoms with van der Waals surface area (Å²) in [5, 5.41) is 11.5. The van der Waals surface area contributed by atoms with E-state index in [1.807, 2.05) is 36.4 Å². The van der Waals surface area contributed by atoms with E-state index < -0.39 is 6.09 Å². The number of carbonyl (C=O) groups excluding carboxylic acids is 1. The van der Waals surface area contributed by atoms with E-state index in [-0.39, 0.29) is 18.3 Å². The van der Waals surface area contributed by atoms with Crippen LogP contribution in [0.2, 0.25) is 5.15 Å². The molecule has 2 aromatic rings. The second-order valence-electron chi connectivity index (χ2n) is 4.39. The van der Waals surface area contributed by atoms with Gasteiger partial charge in [-0.05, 0) is 11.6 Å². The maximum Gasteiger partial charge on any atom is 0.408 e. The second kappa shape index (κ2) is 8.43. The summed E-state index contributed by atoms with van der Waals surface area (Å²) in [6.45, 7) is 0.292. The average molecular weight is 326 g/mol. The summed E-state index contributed by atoms with van der Waals surface area (Å²) in [7, 11) is 0. The summed E-state index contributed by atoms with van der Waals surface area (Å²) in [5.41, 5.74) is 1.71. The summed E-state index contributed by atoms with van der Waals surface area (Å²) in [6, 6.07) is 12.9. The van der Waals surface area contributed by atoms with Crippen molar-refractivity contribution in [3.8, 4) is 17.9 Å². The molecule has 0 aliphatic carbocycles. The number of hydrogen-bond donors (Lipinski definition) is 1. The van der Waals surface area contributed by atoms with Crippen LogP contribution in [0.25, 0.3) is 0 Å². The third-order valence-corrected chi connectivity index (χ3v) is 3.03. The number of nitriles is 1. The summed E-state index contributed by atoms with van der Waals surface area (Å²) in [6.07, 6.45) is 0.811. The second-order valence-corrected chi connectivity index (χ2v) is 4.75. The van der Waals surface area contributed by atoms with Crippen LogP contribution in [0.4, 0.5) is 4.79 Å². The fraction of sp³-hybridized carbons (Fsp3) is 0.118. The Morgan fingerprint density at radius 3 is 2.87 bits per heavy atom. The van der Waals surface area contributed by atoms with Gasteiger partial charge in [-0.1, -0.05) is 53.8 Å². The van der Waals surface area contributed by atoms with Crippen LogP contribution in [0.3, 0.4) is 0 Å². The first-order valence-corrected chi connectivity index (χ1v) is 7.06. The maximum absolute atomic E-state index is 11.5. The fourth-order valence-electron chi connectivity index (χ4n) is 1.63. The molecule has 23 heavy (non-hydrogen) atoms. The molecular formula is C17H12ClN3O2. The van der Waals surface area contributed by atoms with Gasteiger partial charge in [0.25, 0.3) is 0 Å². The minimum atomic E-state index is -0.557. The first-order valence-electron chi connectivity index (χ1n) is 6.68. The van der Waals surface area contributed by atoms with Gasteiger partial charge in [0.1, 0.15) is 17.8 Å². The Morgan fingerprint density at radius 1 is 1.35 bits per heavy atom. The number of amides is 1. The first-order chi connectivity index (χ1) is 11.2. The molecule has 0 aliphatic heterocycles. The van der Waals surface area contributed by atoms with E-state index in [0.717, 1.165) is 5.56 Å². The van der Waals surface area contributed by atoms with Gasteiger partial charge in [-0.3, -0.25) is 0 Å². The number of alkyl carbamates (subject to hydrolysis) is 1. The summed E-state index contributed by atoms with van der Waals surface area (Å²) in [4.78, 5) is 15.4. The minimum Gasteiger partial charge on any atom is -0.445 e. The number of pyridine rings is 1. The molecule has 0 fully saturated rings. The van der Waals surface area contributed by atoms with Gasteiger partial charge in [0, 0.05) is 6.20 Å². The number of carbonyl (C=O) groups is 1. The smallest absolute Gasteiger partial charge is 0.408 e. The molecule has 1 N–H and O–H groups in total. The number of benzene rings is 1. The Morgan fingerprint density at radius 2 is 2.13 bits per heavy atom. The number of nitrogens with one attached hydrogen (secondary N) is 1. The lowest BCUT2D eigenvalue weighted by molar-refractivity contribution is 0.141. The highest BCUT2D eigenvalue weighted by Gasteiger charge is 2.02. The SMILES string of the molecule is N#Cc1cnc(Cl)c(C#CCNC(=O)OCc2ccccc2)c1. The lowest BCUT2D eigenvalue weighted by Gasteiger charge is -2.04. The number of hydrogen-bond acceptors (Lipinski definition) is 4. The van der Waals surface area contributed by atoms with Crippen molar-refractivity contribution >= 4 is 17.7 Å². The molecule has 0 radical (unpaired) electrons. The number of ether oxygens (including phenoxy) is 1. The lowest BCUT2D eigenvalue weighted by atomic mass is 10.2. The molecule has 6 heteroatoms. The van der Waals surface area contributed by atoms with Crippen LogP contribution < -0.4 is 5.32 Å². The quantitative estimate of drug-likeness (QED) is 0.695. The highest BCUT2D eigenvalue weighted by molar-refractivity contribution is 6.30. The summed E-state index contributed by atoms with van der Waals surface area (Å²) >= 11 is 5.88. The molecule has 0 spiro atoms. The van der Waals surface area contributed by atoms with Crippen LogP contribution in [0, 0.1) is 23.2 Å². The summed E-state index contributed by atoms with van der Waals surface area (Å²) in [5.74, 6) is 5.48. The van der Waals surface area contributed by atoms with E-state index in [1.54, 1.807) is 0 Å². The zero-order valence-electron chi connectivity index (χ0n) is 12.0. The largest absolute Gasteiger partial charge is 0.445 e.